The topological polar surface area (TPSA) is 141 Å². The molecule has 2 aliphatic rings. The van der Waals surface area contributed by atoms with E-state index in [9.17, 15) is 19.8 Å². The number of rotatable bonds is 10. The lowest BCUT2D eigenvalue weighted by molar-refractivity contribution is -0.156. The Balaban J connectivity index is 2.22. The van der Waals surface area contributed by atoms with Gasteiger partial charge in [0.15, 0.2) is 0 Å². The van der Waals surface area contributed by atoms with Gasteiger partial charge in [0.1, 0.15) is 23.9 Å². The van der Waals surface area contributed by atoms with E-state index in [2.05, 4.69) is 13.8 Å². The minimum absolute atomic E-state index is 0.0280. The fraction of sp³-hybridized carbons (Fsp3) is 0.750. The van der Waals surface area contributed by atoms with E-state index in [1.54, 1.807) is 51.3 Å². The molecular formula is C32H53NO8. The van der Waals surface area contributed by atoms with Gasteiger partial charge in [0.05, 0.1) is 23.9 Å². The van der Waals surface area contributed by atoms with Gasteiger partial charge in [-0.1, -0.05) is 52.0 Å². The van der Waals surface area contributed by atoms with Crippen molar-refractivity contribution >= 4 is 11.9 Å². The van der Waals surface area contributed by atoms with Gasteiger partial charge in [0.2, 0.25) is 0 Å². The first-order chi connectivity index (χ1) is 19.0. The van der Waals surface area contributed by atoms with Gasteiger partial charge in [-0.2, -0.15) is 0 Å². The molecule has 2 heterocycles. The molecule has 0 amide bonds. The van der Waals surface area contributed by atoms with Crippen molar-refractivity contribution in [2.24, 2.45) is 23.5 Å². The van der Waals surface area contributed by atoms with Crippen LogP contribution in [-0.2, 0) is 28.5 Å². The summed E-state index contributed by atoms with van der Waals surface area (Å²) in [6, 6.07) is -0.636. The van der Waals surface area contributed by atoms with Crippen molar-refractivity contribution in [3.05, 3.63) is 36.0 Å². The average molecular weight is 580 g/mol. The monoisotopic (exact) mass is 579 g/mol. The lowest BCUT2D eigenvalue weighted by Gasteiger charge is -2.32. The summed E-state index contributed by atoms with van der Waals surface area (Å²) in [6.07, 6.45) is 8.89. The smallest absolute Gasteiger partial charge is 0.306 e. The zero-order valence-corrected chi connectivity index (χ0v) is 26.3. The number of hydrogen-bond donors (Lipinski definition) is 3. The fourth-order valence-electron chi connectivity index (χ4n) is 5.55. The molecular weight excluding hydrogens is 526 g/mol. The van der Waals surface area contributed by atoms with Crippen LogP contribution in [-0.4, -0.2) is 77.0 Å². The molecule has 41 heavy (non-hydrogen) atoms. The summed E-state index contributed by atoms with van der Waals surface area (Å²) >= 11 is 0. The van der Waals surface area contributed by atoms with Gasteiger partial charge in [-0.3, -0.25) is 9.59 Å². The number of carbonyl (C=O) groups is 2. The second-order valence-electron chi connectivity index (χ2n) is 12.5. The minimum Gasteiger partial charge on any atom is -0.457 e. The molecule has 234 valence electrons. The predicted octanol–water partition coefficient (Wildman–Crippen LogP) is 4.00. The number of ether oxygens (including phenoxy) is 4. The molecule has 11 atom stereocenters. The number of allylic oxidation sites excluding steroid dienone is 2. The van der Waals surface area contributed by atoms with Gasteiger partial charge in [-0.05, 0) is 57.6 Å². The summed E-state index contributed by atoms with van der Waals surface area (Å²) in [4.78, 5) is 24.6. The fourth-order valence-corrected chi connectivity index (χ4v) is 5.55. The number of nitrogens with two attached hydrogens (primary N) is 1. The van der Waals surface area contributed by atoms with Crippen molar-refractivity contribution in [3.8, 4) is 0 Å². The largest absolute Gasteiger partial charge is 0.457 e. The number of carbonyl (C=O) groups excluding carboxylic acids is 2. The van der Waals surface area contributed by atoms with Crippen LogP contribution in [0.5, 0.6) is 0 Å². The summed E-state index contributed by atoms with van der Waals surface area (Å²) in [6.45, 7) is 14.4. The molecule has 9 heteroatoms. The molecule has 11 unspecified atom stereocenters. The number of esters is 2. The molecule has 9 nitrogen and oxygen atoms in total. The van der Waals surface area contributed by atoms with Gasteiger partial charge in [0.25, 0.3) is 0 Å². The molecule has 0 bridgehead atoms. The van der Waals surface area contributed by atoms with Crippen LogP contribution >= 0.6 is 0 Å². The van der Waals surface area contributed by atoms with Crippen LogP contribution in [0.15, 0.2) is 36.0 Å². The van der Waals surface area contributed by atoms with Crippen LogP contribution in [0.25, 0.3) is 0 Å². The number of cyclic esters (lactones) is 1. The first-order valence-corrected chi connectivity index (χ1v) is 14.8. The number of aliphatic hydroxyl groups is 2. The number of methoxy groups -OCH3 is 1. The maximum atomic E-state index is 12.8. The molecule has 0 aliphatic carbocycles. The Hall–Kier alpha value is -2.04. The van der Waals surface area contributed by atoms with Crippen molar-refractivity contribution in [2.45, 2.75) is 129 Å². The molecule has 0 aromatic heterocycles. The van der Waals surface area contributed by atoms with E-state index in [4.69, 9.17) is 24.7 Å². The third-order valence-electron chi connectivity index (χ3n) is 8.53. The molecule has 2 aliphatic heterocycles. The zero-order valence-electron chi connectivity index (χ0n) is 26.3. The Morgan fingerprint density at radius 2 is 1.95 bits per heavy atom. The second kappa shape index (κ2) is 14.9. The number of hydrogen-bond acceptors (Lipinski definition) is 9. The molecule has 0 spiro atoms. The maximum Gasteiger partial charge on any atom is 0.306 e. The third kappa shape index (κ3) is 10.0. The minimum atomic E-state index is -1.34. The standard InChI is InChI=1S/C32H53NO8/c1-10-24(38-9)22(5)28-29(41-28)30(33)32(8,37)16-11-12-20(3)27-21(4)13-14-25(39-23(6)34)31(7,36)17-15-19(2)18-26(35)40-27/h11-14,16,19,21-22,24-25,27-30,36-37H,10,15,17-18,33H2,1-9H3. The Labute approximate surface area is 246 Å². The van der Waals surface area contributed by atoms with Gasteiger partial charge in [0, 0.05) is 32.3 Å². The molecule has 0 saturated carbocycles. The molecule has 1 saturated heterocycles. The van der Waals surface area contributed by atoms with Crippen LogP contribution < -0.4 is 5.73 Å². The predicted molar refractivity (Wildman–Crippen MR) is 158 cm³/mol. The zero-order chi connectivity index (χ0) is 31.1. The van der Waals surface area contributed by atoms with E-state index >= 15 is 0 Å². The molecule has 0 aromatic rings. The van der Waals surface area contributed by atoms with Crippen LogP contribution in [0.1, 0.15) is 81.1 Å². The van der Waals surface area contributed by atoms with E-state index in [0.717, 1.165) is 12.0 Å². The SMILES string of the molecule is CCC(OC)C(C)C1OC1C(N)C(C)(O)C=CC=C(C)C1OC(=O)CC(C)CCC(C)(O)C(OC(C)=O)C=CC1C. The first kappa shape index (κ1) is 35.2. The van der Waals surface area contributed by atoms with E-state index in [-0.39, 0.29) is 48.5 Å². The van der Waals surface area contributed by atoms with Gasteiger partial charge in [-0.15, -0.1) is 0 Å². The number of epoxide rings is 1. The maximum absolute atomic E-state index is 12.8. The van der Waals surface area contributed by atoms with Crippen LogP contribution in [0.3, 0.4) is 0 Å². The third-order valence-corrected chi connectivity index (χ3v) is 8.53. The van der Waals surface area contributed by atoms with Crippen LogP contribution in [0, 0.1) is 17.8 Å². The van der Waals surface area contributed by atoms with E-state index in [1.807, 2.05) is 20.8 Å². The molecule has 1 fully saturated rings. The Bertz CT molecular complexity index is 967. The van der Waals surface area contributed by atoms with Gasteiger partial charge >= 0.3 is 11.9 Å². The van der Waals surface area contributed by atoms with Crippen molar-refractivity contribution in [1.29, 1.82) is 0 Å². The summed E-state index contributed by atoms with van der Waals surface area (Å²) in [5.74, 6) is -0.967. The highest BCUT2D eigenvalue weighted by atomic mass is 16.6. The lowest BCUT2D eigenvalue weighted by Crippen LogP contribution is -2.49. The summed E-state index contributed by atoms with van der Waals surface area (Å²) in [7, 11) is 1.69. The first-order valence-electron chi connectivity index (χ1n) is 14.8. The van der Waals surface area contributed by atoms with Crippen molar-refractivity contribution < 1.29 is 38.7 Å². The van der Waals surface area contributed by atoms with Gasteiger partial charge < -0.3 is 34.9 Å². The van der Waals surface area contributed by atoms with Crippen molar-refractivity contribution in [1.82, 2.24) is 0 Å². The average Bonchev–Trinajstić information content (AvgIpc) is 3.68. The van der Waals surface area contributed by atoms with E-state index < -0.39 is 35.4 Å². The molecule has 0 aromatic carbocycles. The highest BCUT2D eigenvalue weighted by molar-refractivity contribution is 5.70. The quantitative estimate of drug-likeness (QED) is 0.152. The molecule has 2 rings (SSSR count). The van der Waals surface area contributed by atoms with Gasteiger partial charge in [-0.25, -0.2) is 0 Å². The summed E-state index contributed by atoms with van der Waals surface area (Å²) in [5.41, 5.74) is 4.57. The molecule has 0 radical (unpaired) electrons. The van der Waals surface area contributed by atoms with Crippen molar-refractivity contribution in [3.63, 3.8) is 0 Å². The lowest BCUT2D eigenvalue weighted by atomic mass is 9.86. The van der Waals surface area contributed by atoms with Crippen LogP contribution in [0.4, 0.5) is 0 Å². The Kier molecular flexibility index (Phi) is 12.8. The normalized spacial score (nSPS) is 35.4. The summed E-state index contributed by atoms with van der Waals surface area (Å²) < 4.78 is 22.8. The highest BCUT2D eigenvalue weighted by Crippen LogP contribution is 2.38. The van der Waals surface area contributed by atoms with E-state index in [1.165, 1.54) is 6.92 Å². The molecule has 4 N–H and O–H groups in total. The highest BCUT2D eigenvalue weighted by Gasteiger charge is 2.52. The van der Waals surface area contributed by atoms with Crippen LogP contribution in [0.2, 0.25) is 0 Å². The van der Waals surface area contributed by atoms with Crippen molar-refractivity contribution in [2.75, 3.05) is 7.11 Å². The Morgan fingerprint density at radius 1 is 1.29 bits per heavy atom. The Morgan fingerprint density at radius 3 is 2.54 bits per heavy atom. The van der Waals surface area contributed by atoms with E-state index in [0.29, 0.717) is 12.8 Å². The second-order valence-corrected chi connectivity index (χ2v) is 12.5. The summed E-state index contributed by atoms with van der Waals surface area (Å²) in [5, 5.41) is 22.2.